The fraction of sp³-hybridized carbons (Fsp3) is 0.286. The van der Waals surface area contributed by atoms with Crippen LogP contribution < -0.4 is 16.2 Å². The Bertz CT molecular complexity index is 1110. The molecule has 0 atom stereocenters. The number of aromatic nitrogens is 3. The minimum atomic E-state index is -0.399. The third-order valence-corrected chi connectivity index (χ3v) is 4.11. The Labute approximate surface area is 167 Å². The lowest BCUT2D eigenvalue weighted by Gasteiger charge is -2.21. The molecule has 0 saturated carbocycles. The van der Waals surface area contributed by atoms with Gasteiger partial charge in [0.2, 0.25) is 5.91 Å². The molecule has 3 rings (SSSR count). The summed E-state index contributed by atoms with van der Waals surface area (Å²) < 4.78 is 1.17. The van der Waals surface area contributed by atoms with Gasteiger partial charge in [-0.2, -0.15) is 0 Å². The first-order valence-electron chi connectivity index (χ1n) is 9.28. The Hall–Kier alpha value is -3.55. The molecule has 2 aromatic carbocycles. The van der Waals surface area contributed by atoms with E-state index in [1.807, 2.05) is 20.8 Å². The maximum atomic E-state index is 12.5. The number of carbonyl (C=O) groups excluding carboxylic acids is 2. The lowest BCUT2D eigenvalue weighted by molar-refractivity contribution is -0.116. The summed E-state index contributed by atoms with van der Waals surface area (Å²) in [6, 6.07) is 13.7. The van der Waals surface area contributed by atoms with E-state index in [-0.39, 0.29) is 30.3 Å². The maximum absolute atomic E-state index is 12.5. The normalized spacial score (nSPS) is 11.3. The number of anilines is 1. The van der Waals surface area contributed by atoms with Crippen molar-refractivity contribution in [2.75, 3.05) is 5.32 Å². The predicted octanol–water partition coefficient (Wildman–Crippen LogP) is 2.35. The number of aryl methyl sites for hydroxylation is 1. The van der Waals surface area contributed by atoms with E-state index < -0.39 is 5.54 Å². The molecule has 2 N–H and O–H groups in total. The molecule has 29 heavy (non-hydrogen) atoms. The molecule has 150 valence electrons. The van der Waals surface area contributed by atoms with Crippen molar-refractivity contribution in [3.05, 3.63) is 64.4 Å². The van der Waals surface area contributed by atoms with Gasteiger partial charge in [-0.1, -0.05) is 29.5 Å². The number of carbonyl (C=O) groups is 2. The maximum Gasteiger partial charge on any atom is 0.277 e. The molecule has 0 aliphatic rings. The van der Waals surface area contributed by atoms with Crippen molar-refractivity contribution in [1.82, 2.24) is 20.3 Å². The van der Waals surface area contributed by atoms with Gasteiger partial charge in [-0.05, 0) is 45.0 Å². The molecule has 0 aliphatic carbocycles. The number of rotatable bonds is 5. The van der Waals surface area contributed by atoms with Gasteiger partial charge in [0, 0.05) is 12.0 Å². The van der Waals surface area contributed by atoms with E-state index in [0.29, 0.717) is 22.2 Å². The number of fused-ring (bicyclic) bond motifs is 1. The van der Waals surface area contributed by atoms with Crippen LogP contribution in [0.3, 0.4) is 0 Å². The smallest absolute Gasteiger partial charge is 0.277 e. The summed E-state index contributed by atoms with van der Waals surface area (Å²) in [5.74, 6) is -0.604. The van der Waals surface area contributed by atoms with Crippen LogP contribution in [0.4, 0.5) is 5.69 Å². The number of nitrogens with zero attached hydrogens (tertiary/aromatic N) is 3. The molecule has 8 heteroatoms. The van der Waals surface area contributed by atoms with Crippen molar-refractivity contribution < 1.29 is 9.59 Å². The molecule has 0 aliphatic heterocycles. The number of hydrogen-bond donors (Lipinski definition) is 2. The number of nitrogens with one attached hydrogen (secondary N) is 2. The van der Waals surface area contributed by atoms with Gasteiger partial charge in [0.25, 0.3) is 11.5 Å². The molecule has 3 aromatic rings. The van der Waals surface area contributed by atoms with E-state index in [1.54, 1.807) is 48.5 Å². The summed E-state index contributed by atoms with van der Waals surface area (Å²) in [5, 5.41) is 14.0. The molecule has 0 spiro atoms. The minimum Gasteiger partial charge on any atom is -0.347 e. The van der Waals surface area contributed by atoms with Gasteiger partial charge in [-0.25, -0.2) is 4.68 Å². The van der Waals surface area contributed by atoms with E-state index in [9.17, 15) is 14.4 Å². The highest BCUT2D eigenvalue weighted by Gasteiger charge is 2.18. The van der Waals surface area contributed by atoms with Crippen LogP contribution in [-0.4, -0.2) is 32.3 Å². The Kier molecular flexibility index (Phi) is 5.72. The van der Waals surface area contributed by atoms with E-state index in [4.69, 9.17) is 0 Å². The second kappa shape index (κ2) is 8.22. The zero-order valence-electron chi connectivity index (χ0n) is 16.6. The molecular formula is C21H23N5O3. The van der Waals surface area contributed by atoms with E-state index in [2.05, 4.69) is 20.9 Å². The van der Waals surface area contributed by atoms with Crippen molar-refractivity contribution in [1.29, 1.82) is 0 Å². The van der Waals surface area contributed by atoms with E-state index in [0.717, 1.165) is 0 Å². The molecule has 0 bridgehead atoms. The van der Waals surface area contributed by atoms with Crippen LogP contribution in [-0.2, 0) is 11.3 Å². The average Bonchev–Trinajstić information content (AvgIpc) is 2.67. The Morgan fingerprint density at radius 1 is 1.03 bits per heavy atom. The summed E-state index contributed by atoms with van der Waals surface area (Å²) >= 11 is 0. The molecule has 2 amide bonds. The monoisotopic (exact) mass is 393 g/mol. The van der Waals surface area contributed by atoms with Crippen LogP contribution in [0.2, 0.25) is 0 Å². The molecule has 0 unspecified atom stereocenters. The molecule has 8 nitrogen and oxygen atoms in total. The number of benzene rings is 2. The lowest BCUT2D eigenvalue weighted by Crippen LogP contribution is -2.40. The number of amides is 2. The van der Waals surface area contributed by atoms with Crippen LogP contribution >= 0.6 is 0 Å². The van der Waals surface area contributed by atoms with Crippen LogP contribution in [0.1, 0.15) is 37.6 Å². The molecule has 1 heterocycles. The summed E-state index contributed by atoms with van der Waals surface area (Å²) in [6.45, 7) is 5.73. The number of para-hydroxylation sites is 1. The van der Waals surface area contributed by atoms with Crippen LogP contribution in [0.5, 0.6) is 0 Å². The second-order valence-corrected chi connectivity index (χ2v) is 7.68. The largest absolute Gasteiger partial charge is 0.347 e. The van der Waals surface area contributed by atoms with E-state index in [1.165, 1.54) is 4.68 Å². The van der Waals surface area contributed by atoms with Crippen molar-refractivity contribution in [3.8, 4) is 0 Å². The summed E-state index contributed by atoms with van der Waals surface area (Å²) in [7, 11) is 0. The highest BCUT2D eigenvalue weighted by Crippen LogP contribution is 2.16. The minimum absolute atomic E-state index is 0.0160. The Balaban J connectivity index is 1.70. The van der Waals surface area contributed by atoms with Crippen LogP contribution in [0.25, 0.3) is 10.9 Å². The first-order chi connectivity index (χ1) is 13.7. The fourth-order valence-corrected chi connectivity index (χ4v) is 2.79. The third-order valence-electron chi connectivity index (χ3n) is 4.11. The summed E-state index contributed by atoms with van der Waals surface area (Å²) in [6.07, 6.45) is 0.0160. The quantitative estimate of drug-likeness (QED) is 0.692. The van der Waals surface area contributed by atoms with Crippen molar-refractivity contribution in [2.24, 2.45) is 0 Å². The highest BCUT2D eigenvalue weighted by atomic mass is 16.2. The van der Waals surface area contributed by atoms with Gasteiger partial charge in [-0.15, -0.1) is 5.10 Å². The van der Waals surface area contributed by atoms with Gasteiger partial charge < -0.3 is 10.6 Å². The first-order valence-corrected chi connectivity index (χ1v) is 9.28. The van der Waals surface area contributed by atoms with Gasteiger partial charge in [0.1, 0.15) is 5.52 Å². The van der Waals surface area contributed by atoms with Crippen molar-refractivity contribution in [2.45, 2.75) is 39.3 Å². The zero-order valence-corrected chi connectivity index (χ0v) is 16.6. The van der Waals surface area contributed by atoms with Crippen molar-refractivity contribution in [3.63, 3.8) is 0 Å². The molecule has 0 fully saturated rings. The Morgan fingerprint density at radius 3 is 2.48 bits per heavy atom. The SMILES string of the molecule is CC(C)(C)NC(=O)c1ccccc1NC(=O)CCn1nnc2ccccc2c1=O. The van der Waals surface area contributed by atoms with Crippen LogP contribution in [0, 0.1) is 0 Å². The second-order valence-electron chi connectivity index (χ2n) is 7.68. The van der Waals surface area contributed by atoms with Crippen molar-refractivity contribution >= 4 is 28.4 Å². The van der Waals surface area contributed by atoms with Gasteiger partial charge >= 0.3 is 0 Å². The number of hydrogen-bond acceptors (Lipinski definition) is 5. The molecule has 0 saturated heterocycles. The third kappa shape index (κ3) is 5.04. The summed E-state index contributed by atoms with van der Waals surface area (Å²) in [5.41, 5.74) is 0.601. The molecule has 0 radical (unpaired) electrons. The fourth-order valence-electron chi connectivity index (χ4n) is 2.79. The van der Waals surface area contributed by atoms with E-state index >= 15 is 0 Å². The standard InChI is InChI=1S/C21H23N5O3/c1-21(2,3)23-19(28)14-8-4-6-10-16(14)22-18(27)12-13-26-20(29)15-9-5-7-11-17(15)24-25-26/h4-11H,12-13H2,1-3H3,(H,22,27)(H,23,28). The predicted molar refractivity (Wildman–Crippen MR) is 111 cm³/mol. The highest BCUT2D eigenvalue weighted by molar-refractivity contribution is 6.03. The van der Waals surface area contributed by atoms with Gasteiger partial charge in [0.05, 0.1) is 23.2 Å². The molecule has 1 aromatic heterocycles. The average molecular weight is 393 g/mol. The first kappa shape index (κ1) is 20.2. The lowest BCUT2D eigenvalue weighted by atomic mass is 10.1. The summed E-state index contributed by atoms with van der Waals surface area (Å²) in [4.78, 5) is 37.4. The zero-order chi connectivity index (χ0) is 21.0. The Morgan fingerprint density at radius 2 is 1.72 bits per heavy atom. The van der Waals surface area contributed by atoms with Gasteiger partial charge in [-0.3, -0.25) is 14.4 Å². The molecular weight excluding hydrogens is 370 g/mol. The topological polar surface area (TPSA) is 106 Å². The van der Waals surface area contributed by atoms with Crippen LogP contribution in [0.15, 0.2) is 53.3 Å². The van der Waals surface area contributed by atoms with Gasteiger partial charge in [0.15, 0.2) is 0 Å².